The molecule has 1 aromatic heterocycles. The lowest BCUT2D eigenvalue weighted by atomic mass is 10.1. The Bertz CT molecular complexity index is 462. The van der Waals surface area contributed by atoms with E-state index in [9.17, 15) is 0 Å². The number of hydrogen-bond acceptors (Lipinski definition) is 3. The third-order valence-corrected chi connectivity index (χ3v) is 2.37. The highest BCUT2D eigenvalue weighted by molar-refractivity contribution is 5.22. The summed E-state index contributed by atoms with van der Waals surface area (Å²) in [5.41, 5.74) is 3.49. The van der Waals surface area contributed by atoms with Crippen LogP contribution in [-0.4, -0.2) is 22.0 Å². The Morgan fingerprint density at radius 3 is 3.00 bits per heavy atom. The maximum absolute atomic E-state index is 4.09. The molecule has 0 atom stereocenters. The molecule has 1 heterocycles. The second kappa shape index (κ2) is 4.90. The van der Waals surface area contributed by atoms with Gasteiger partial charge in [-0.05, 0) is 19.5 Å². The van der Waals surface area contributed by atoms with Crippen LogP contribution in [0, 0.1) is 6.92 Å². The van der Waals surface area contributed by atoms with Crippen molar-refractivity contribution in [2.45, 2.75) is 20.0 Å². The normalized spacial score (nSPS) is 10.6. The van der Waals surface area contributed by atoms with Gasteiger partial charge in [-0.2, -0.15) is 0 Å². The zero-order valence-corrected chi connectivity index (χ0v) is 9.64. The molecular formula is C12H16N4. The Balaban J connectivity index is 2.08. The highest BCUT2D eigenvalue weighted by Gasteiger charge is 2.00. The van der Waals surface area contributed by atoms with Crippen molar-refractivity contribution in [1.82, 2.24) is 20.3 Å². The molecule has 0 aliphatic carbocycles. The monoisotopic (exact) mass is 216 g/mol. The van der Waals surface area contributed by atoms with Gasteiger partial charge in [0.1, 0.15) is 0 Å². The van der Waals surface area contributed by atoms with Crippen LogP contribution in [0.2, 0.25) is 0 Å². The molecule has 0 spiro atoms. The molecule has 0 fully saturated rings. The molecule has 0 unspecified atom stereocenters. The molecule has 0 radical (unpaired) electrons. The van der Waals surface area contributed by atoms with Crippen LogP contribution < -0.4 is 5.32 Å². The average Bonchev–Trinajstić information content (AvgIpc) is 2.66. The first-order valence-electron chi connectivity index (χ1n) is 5.37. The third-order valence-electron chi connectivity index (χ3n) is 2.37. The molecule has 84 valence electrons. The Kier molecular flexibility index (Phi) is 3.31. The number of aryl methyl sites for hydroxylation is 1. The first-order valence-corrected chi connectivity index (χ1v) is 5.37. The number of rotatable bonds is 4. The maximum Gasteiger partial charge on any atom is 0.0964 e. The van der Waals surface area contributed by atoms with Crippen LogP contribution in [0.1, 0.15) is 16.8 Å². The van der Waals surface area contributed by atoms with E-state index in [1.165, 1.54) is 11.1 Å². The van der Waals surface area contributed by atoms with Gasteiger partial charge in [-0.3, -0.25) is 0 Å². The molecule has 1 aromatic carbocycles. The number of benzene rings is 1. The first kappa shape index (κ1) is 10.8. The SMILES string of the molecule is CNCc1cn(Cc2cccc(C)c2)nn1. The van der Waals surface area contributed by atoms with E-state index in [1.807, 2.05) is 17.9 Å². The van der Waals surface area contributed by atoms with Crippen LogP contribution >= 0.6 is 0 Å². The lowest BCUT2D eigenvalue weighted by Crippen LogP contribution is -2.05. The third kappa shape index (κ3) is 2.67. The van der Waals surface area contributed by atoms with Gasteiger partial charge in [0.05, 0.1) is 18.4 Å². The van der Waals surface area contributed by atoms with E-state index in [0.29, 0.717) is 0 Å². The van der Waals surface area contributed by atoms with Gasteiger partial charge < -0.3 is 5.32 Å². The summed E-state index contributed by atoms with van der Waals surface area (Å²) in [4.78, 5) is 0. The van der Waals surface area contributed by atoms with Crippen LogP contribution in [0.5, 0.6) is 0 Å². The topological polar surface area (TPSA) is 42.7 Å². The highest BCUT2D eigenvalue weighted by atomic mass is 15.4. The van der Waals surface area contributed by atoms with Crippen LogP contribution in [0.15, 0.2) is 30.5 Å². The Labute approximate surface area is 95.3 Å². The standard InChI is InChI=1S/C12H16N4/c1-10-4-3-5-11(6-10)8-16-9-12(7-13-2)14-15-16/h3-6,9,13H,7-8H2,1-2H3. The fourth-order valence-electron chi connectivity index (χ4n) is 1.68. The summed E-state index contributed by atoms with van der Waals surface area (Å²) in [6.45, 7) is 3.63. The van der Waals surface area contributed by atoms with Crippen molar-refractivity contribution in [2.75, 3.05) is 7.05 Å². The zero-order valence-electron chi connectivity index (χ0n) is 9.64. The summed E-state index contributed by atoms with van der Waals surface area (Å²) in [7, 11) is 1.90. The van der Waals surface area contributed by atoms with Crippen molar-refractivity contribution in [3.05, 3.63) is 47.3 Å². The predicted molar refractivity (Wildman–Crippen MR) is 63.1 cm³/mol. The Hall–Kier alpha value is -1.68. The largest absolute Gasteiger partial charge is 0.314 e. The van der Waals surface area contributed by atoms with Crippen LogP contribution in [0.25, 0.3) is 0 Å². The van der Waals surface area contributed by atoms with E-state index >= 15 is 0 Å². The molecule has 0 bridgehead atoms. The molecule has 4 nitrogen and oxygen atoms in total. The van der Waals surface area contributed by atoms with Gasteiger partial charge in [0.15, 0.2) is 0 Å². The molecule has 1 N–H and O–H groups in total. The van der Waals surface area contributed by atoms with E-state index < -0.39 is 0 Å². The van der Waals surface area contributed by atoms with Crippen molar-refractivity contribution >= 4 is 0 Å². The molecule has 16 heavy (non-hydrogen) atoms. The summed E-state index contributed by atoms with van der Waals surface area (Å²) >= 11 is 0. The summed E-state index contributed by atoms with van der Waals surface area (Å²) in [6, 6.07) is 8.43. The van der Waals surface area contributed by atoms with Gasteiger partial charge in [0.2, 0.25) is 0 Å². The summed E-state index contributed by atoms with van der Waals surface area (Å²) in [6.07, 6.45) is 1.97. The van der Waals surface area contributed by atoms with Gasteiger partial charge in [-0.15, -0.1) is 5.10 Å². The minimum atomic E-state index is 0.758. The first-order chi connectivity index (χ1) is 7.78. The highest BCUT2D eigenvalue weighted by Crippen LogP contribution is 2.05. The summed E-state index contributed by atoms with van der Waals surface area (Å²) < 4.78 is 1.86. The van der Waals surface area contributed by atoms with E-state index in [1.54, 1.807) is 0 Å². The smallest absolute Gasteiger partial charge is 0.0964 e. The molecule has 4 heteroatoms. The summed E-state index contributed by atoms with van der Waals surface area (Å²) in [5, 5.41) is 11.2. The molecule has 2 aromatic rings. The molecule has 2 rings (SSSR count). The van der Waals surface area contributed by atoms with Crippen LogP contribution in [0.3, 0.4) is 0 Å². The second-order valence-corrected chi connectivity index (χ2v) is 3.93. The Morgan fingerprint density at radius 2 is 2.25 bits per heavy atom. The minimum absolute atomic E-state index is 0.758. The van der Waals surface area contributed by atoms with Gasteiger partial charge in [-0.1, -0.05) is 35.0 Å². The maximum atomic E-state index is 4.09. The average molecular weight is 216 g/mol. The van der Waals surface area contributed by atoms with Crippen molar-refractivity contribution in [3.63, 3.8) is 0 Å². The van der Waals surface area contributed by atoms with Gasteiger partial charge >= 0.3 is 0 Å². The quantitative estimate of drug-likeness (QED) is 0.839. The second-order valence-electron chi connectivity index (χ2n) is 3.93. The van der Waals surface area contributed by atoms with E-state index in [-0.39, 0.29) is 0 Å². The van der Waals surface area contributed by atoms with Crippen LogP contribution in [0.4, 0.5) is 0 Å². The minimum Gasteiger partial charge on any atom is -0.314 e. The van der Waals surface area contributed by atoms with Gasteiger partial charge in [0.25, 0.3) is 0 Å². The summed E-state index contributed by atoms with van der Waals surface area (Å²) in [5.74, 6) is 0. The fraction of sp³-hybridized carbons (Fsp3) is 0.333. The van der Waals surface area contributed by atoms with Crippen molar-refractivity contribution in [3.8, 4) is 0 Å². The van der Waals surface area contributed by atoms with Crippen molar-refractivity contribution in [2.24, 2.45) is 0 Å². The lowest BCUT2D eigenvalue weighted by Gasteiger charge is -2.01. The van der Waals surface area contributed by atoms with Crippen molar-refractivity contribution < 1.29 is 0 Å². The van der Waals surface area contributed by atoms with Crippen molar-refractivity contribution in [1.29, 1.82) is 0 Å². The van der Waals surface area contributed by atoms with E-state index in [4.69, 9.17) is 0 Å². The molecule has 0 aliphatic rings. The zero-order chi connectivity index (χ0) is 11.4. The Morgan fingerprint density at radius 1 is 1.38 bits per heavy atom. The van der Waals surface area contributed by atoms with Gasteiger partial charge in [-0.25, -0.2) is 4.68 Å². The fourth-order valence-corrected chi connectivity index (χ4v) is 1.68. The van der Waals surface area contributed by atoms with E-state index in [0.717, 1.165) is 18.8 Å². The molecule has 0 saturated heterocycles. The lowest BCUT2D eigenvalue weighted by molar-refractivity contribution is 0.648. The van der Waals surface area contributed by atoms with Crippen LogP contribution in [-0.2, 0) is 13.1 Å². The molecular weight excluding hydrogens is 200 g/mol. The predicted octanol–water partition coefficient (Wildman–Crippen LogP) is 1.35. The molecule has 0 aliphatic heterocycles. The van der Waals surface area contributed by atoms with Gasteiger partial charge in [0, 0.05) is 6.54 Å². The number of nitrogens with zero attached hydrogens (tertiary/aromatic N) is 3. The molecule has 0 saturated carbocycles. The van der Waals surface area contributed by atoms with E-state index in [2.05, 4.69) is 46.8 Å². The number of aromatic nitrogens is 3. The number of hydrogen-bond donors (Lipinski definition) is 1. The number of nitrogens with one attached hydrogen (secondary N) is 1. The molecule has 0 amide bonds.